The maximum atomic E-state index is 10.6. The van der Waals surface area contributed by atoms with Gasteiger partial charge in [0.1, 0.15) is 0 Å². The van der Waals surface area contributed by atoms with E-state index >= 15 is 0 Å². The quantitative estimate of drug-likeness (QED) is 0.391. The molecule has 0 radical (unpaired) electrons. The SMILES string of the molecule is Nc1ccc([N+](=O)[O-])c(C=CCBr)c1. The molecule has 1 aromatic rings. The maximum absolute atomic E-state index is 10.6. The smallest absolute Gasteiger partial charge is 0.276 e. The molecule has 0 saturated heterocycles. The van der Waals surface area contributed by atoms with Crippen LogP contribution in [0.25, 0.3) is 6.08 Å². The number of nitrogen functional groups attached to an aromatic ring is 1. The number of benzene rings is 1. The molecule has 4 nitrogen and oxygen atoms in total. The third-order valence-electron chi connectivity index (χ3n) is 1.63. The summed E-state index contributed by atoms with van der Waals surface area (Å²) in [5.41, 5.74) is 6.64. The third kappa shape index (κ3) is 2.56. The number of allylic oxidation sites excluding steroid dienone is 1. The topological polar surface area (TPSA) is 69.2 Å². The van der Waals surface area contributed by atoms with Crippen LogP contribution in [0.1, 0.15) is 5.56 Å². The van der Waals surface area contributed by atoms with Crippen LogP contribution in [0.2, 0.25) is 0 Å². The van der Waals surface area contributed by atoms with Gasteiger partial charge in [0.15, 0.2) is 0 Å². The first-order chi connectivity index (χ1) is 6.65. The Morgan fingerprint density at radius 2 is 2.29 bits per heavy atom. The van der Waals surface area contributed by atoms with Crippen molar-refractivity contribution < 1.29 is 4.92 Å². The molecule has 0 fully saturated rings. The first-order valence-corrected chi connectivity index (χ1v) is 5.03. The summed E-state index contributed by atoms with van der Waals surface area (Å²) in [7, 11) is 0. The van der Waals surface area contributed by atoms with E-state index in [-0.39, 0.29) is 5.69 Å². The number of nitrogens with zero attached hydrogens (tertiary/aromatic N) is 1. The van der Waals surface area contributed by atoms with Crippen molar-refractivity contribution in [3.05, 3.63) is 40.0 Å². The van der Waals surface area contributed by atoms with Crippen molar-refractivity contribution in [3.63, 3.8) is 0 Å². The first-order valence-electron chi connectivity index (χ1n) is 3.91. The van der Waals surface area contributed by atoms with Crippen LogP contribution in [0.3, 0.4) is 0 Å². The van der Waals surface area contributed by atoms with Crippen LogP contribution in [-0.4, -0.2) is 10.3 Å². The minimum absolute atomic E-state index is 0.0661. The molecule has 0 heterocycles. The Balaban J connectivity index is 3.15. The van der Waals surface area contributed by atoms with Crippen molar-refractivity contribution in [2.45, 2.75) is 0 Å². The molecule has 0 aliphatic carbocycles. The minimum Gasteiger partial charge on any atom is -0.399 e. The fraction of sp³-hybridized carbons (Fsp3) is 0.111. The highest BCUT2D eigenvalue weighted by Gasteiger charge is 2.10. The van der Waals surface area contributed by atoms with Gasteiger partial charge in [0.05, 0.1) is 10.5 Å². The Morgan fingerprint density at radius 1 is 1.57 bits per heavy atom. The number of hydrogen-bond acceptors (Lipinski definition) is 3. The lowest BCUT2D eigenvalue weighted by molar-refractivity contribution is -0.385. The minimum atomic E-state index is -0.423. The highest BCUT2D eigenvalue weighted by Crippen LogP contribution is 2.22. The van der Waals surface area contributed by atoms with E-state index in [0.29, 0.717) is 16.6 Å². The van der Waals surface area contributed by atoms with E-state index in [4.69, 9.17) is 5.73 Å². The van der Waals surface area contributed by atoms with E-state index in [1.165, 1.54) is 12.1 Å². The van der Waals surface area contributed by atoms with Gasteiger partial charge in [0, 0.05) is 17.1 Å². The fourth-order valence-corrected chi connectivity index (χ4v) is 1.23. The average Bonchev–Trinajstić information content (AvgIpc) is 2.14. The molecule has 2 N–H and O–H groups in total. The molecule has 0 bridgehead atoms. The highest BCUT2D eigenvalue weighted by atomic mass is 79.9. The zero-order valence-corrected chi connectivity index (χ0v) is 8.90. The number of halogens is 1. The Morgan fingerprint density at radius 3 is 2.86 bits per heavy atom. The Hall–Kier alpha value is -1.36. The van der Waals surface area contributed by atoms with Crippen molar-refractivity contribution in [1.29, 1.82) is 0 Å². The summed E-state index contributed by atoms with van der Waals surface area (Å²) in [6, 6.07) is 4.50. The zero-order valence-electron chi connectivity index (χ0n) is 7.31. The molecule has 1 rings (SSSR count). The standard InChI is InChI=1S/C9H9BrN2O2/c10-5-1-2-7-6-8(11)3-4-9(7)12(13)14/h1-4,6H,5,11H2. The Kier molecular flexibility index (Phi) is 3.64. The van der Waals surface area contributed by atoms with E-state index in [0.717, 1.165) is 0 Å². The first kappa shape index (κ1) is 10.7. The lowest BCUT2D eigenvalue weighted by atomic mass is 10.1. The van der Waals surface area contributed by atoms with E-state index in [1.807, 2.05) is 0 Å². The number of nitrogens with two attached hydrogens (primary N) is 1. The lowest BCUT2D eigenvalue weighted by Gasteiger charge is -1.98. The van der Waals surface area contributed by atoms with Crippen LogP contribution in [0.5, 0.6) is 0 Å². The Bertz CT molecular complexity index is 377. The van der Waals surface area contributed by atoms with E-state index in [2.05, 4.69) is 15.9 Å². The largest absolute Gasteiger partial charge is 0.399 e. The van der Waals surface area contributed by atoms with E-state index in [9.17, 15) is 10.1 Å². The van der Waals surface area contributed by atoms with Crippen molar-refractivity contribution >= 4 is 33.4 Å². The monoisotopic (exact) mass is 256 g/mol. The summed E-state index contributed by atoms with van der Waals surface area (Å²) in [5, 5.41) is 11.3. The van der Waals surface area contributed by atoms with Gasteiger partial charge in [0.25, 0.3) is 5.69 Å². The zero-order chi connectivity index (χ0) is 10.6. The van der Waals surface area contributed by atoms with Gasteiger partial charge in [-0.25, -0.2) is 0 Å². The fourth-order valence-electron chi connectivity index (χ4n) is 1.04. The number of rotatable bonds is 3. The number of nitro groups is 1. The molecule has 0 aliphatic heterocycles. The lowest BCUT2D eigenvalue weighted by Crippen LogP contribution is -1.93. The molecule has 0 spiro atoms. The van der Waals surface area contributed by atoms with Crippen LogP contribution in [0, 0.1) is 10.1 Å². The normalized spacial score (nSPS) is 10.6. The number of nitro benzene ring substituents is 1. The van der Waals surface area contributed by atoms with Crippen LogP contribution in [-0.2, 0) is 0 Å². The molecule has 0 aliphatic rings. The highest BCUT2D eigenvalue weighted by molar-refractivity contribution is 9.09. The molecular weight excluding hydrogens is 248 g/mol. The number of hydrogen-bond donors (Lipinski definition) is 1. The summed E-state index contributed by atoms with van der Waals surface area (Å²) in [6.07, 6.45) is 3.45. The van der Waals surface area contributed by atoms with Crippen LogP contribution in [0.4, 0.5) is 11.4 Å². The van der Waals surface area contributed by atoms with Crippen molar-refractivity contribution in [3.8, 4) is 0 Å². The number of anilines is 1. The maximum Gasteiger partial charge on any atom is 0.276 e. The van der Waals surface area contributed by atoms with Gasteiger partial charge < -0.3 is 5.73 Å². The predicted octanol–water partition coefficient (Wildman–Crippen LogP) is 2.59. The van der Waals surface area contributed by atoms with Gasteiger partial charge in [0.2, 0.25) is 0 Å². The second-order valence-corrected chi connectivity index (χ2v) is 3.28. The van der Waals surface area contributed by atoms with Crippen LogP contribution >= 0.6 is 15.9 Å². The summed E-state index contributed by atoms with van der Waals surface area (Å²) < 4.78 is 0. The summed E-state index contributed by atoms with van der Waals surface area (Å²) in [6.45, 7) is 0. The second kappa shape index (κ2) is 4.76. The molecule has 5 heteroatoms. The number of alkyl halides is 1. The predicted molar refractivity (Wildman–Crippen MR) is 60.3 cm³/mol. The van der Waals surface area contributed by atoms with Crippen LogP contribution in [0.15, 0.2) is 24.3 Å². The summed E-state index contributed by atoms with van der Waals surface area (Å²) in [5.74, 6) is 0. The summed E-state index contributed by atoms with van der Waals surface area (Å²) >= 11 is 3.20. The molecule has 74 valence electrons. The van der Waals surface area contributed by atoms with Gasteiger partial charge in [-0.15, -0.1) is 0 Å². The van der Waals surface area contributed by atoms with E-state index in [1.54, 1.807) is 18.2 Å². The molecule has 1 aromatic carbocycles. The molecule has 0 saturated carbocycles. The average molecular weight is 257 g/mol. The molecule has 14 heavy (non-hydrogen) atoms. The third-order valence-corrected chi connectivity index (χ3v) is 2.01. The Labute approximate surface area is 89.7 Å². The van der Waals surface area contributed by atoms with Gasteiger partial charge >= 0.3 is 0 Å². The van der Waals surface area contributed by atoms with Gasteiger partial charge in [-0.1, -0.05) is 28.1 Å². The van der Waals surface area contributed by atoms with E-state index < -0.39 is 4.92 Å². The van der Waals surface area contributed by atoms with Crippen molar-refractivity contribution in [1.82, 2.24) is 0 Å². The van der Waals surface area contributed by atoms with Gasteiger partial charge in [-0.05, 0) is 12.1 Å². The van der Waals surface area contributed by atoms with Crippen molar-refractivity contribution in [2.24, 2.45) is 0 Å². The molecule has 0 amide bonds. The molecular formula is C9H9BrN2O2. The van der Waals surface area contributed by atoms with Gasteiger partial charge in [-0.3, -0.25) is 10.1 Å². The second-order valence-electron chi connectivity index (χ2n) is 2.63. The van der Waals surface area contributed by atoms with Crippen molar-refractivity contribution in [2.75, 3.05) is 11.1 Å². The molecule has 0 aromatic heterocycles. The van der Waals surface area contributed by atoms with Crippen LogP contribution < -0.4 is 5.73 Å². The molecule has 0 unspecified atom stereocenters. The summed E-state index contributed by atoms with van der Waals surface area (Å²) in [4.78, 5) is 10.2. The molecule has 0 atom stereocenters. The van der Waals surface area contributed by atoms with Gasteiger partial charge in [-0.2, -0.15) is 0 Å².